The number of hydrogen-bond acceptors (Lipinski definition) is 3. The van der Waals surface area contributed by atoms with Crippen LogP contribution in [0.15, 0.2) is 34.9 Å². The number of benzene rings is 1. The van der Waals surface area contributed by atoms with Gasteiger partial charge in [-0.3, -0.25) is 0 Å². The molecule has 0 radical (unpaired) electrons. The zero-order valence-electron chi connectivity index (χ0n) is 13.6. The summed E-state index contributed by atoms with van der Waals surface area (Å²) in [5, 5.41) is 4.46. The molecule has 1 aliphatic heterocycles. The summed E-state index contributed by atoms with van der Waals surface area (Å²) in [6, 6.07) is 8.10. The Kier molecular flexibility index (Phi) is 3.74. The number of halogens is 1. The summed E-state index contributed by atoms with van der Waals surface area (Å²) in [5.41, 5.74) is 2.26. The molecule has 22 heavy (non-hydrogen) atoms. The molecule has 1 aliphatic rings. The van der Waals surface area contributed by atoms with E-state index in [1.54, 1.807) is 0 Å². The number of aromatic nitrogens is 2. The Labute approximate surface area is 140 Å². The van der Waals surface area contributed by atoms with E-state index in [0.717, 1.165) is 21.3 Å². The molecule has 0 spiro atoms. The van der Waals surface area contributed by atoms with Gasteiger partial charge in [0.05, 0.1) is 22.6 Å². The summed E-state index contributed by atoms with van der Waals surface area (Å²) < 4.78 is 15.1. The van der Waals surface area contributed by atoms with Crippen molar-refractivity contribution in [2.75, 3.05) is 0 Å². The van der Waals surface area contributed by atoms with Crippen molar-refractivity contribution in [2.24, 2.45) is 0 Å². The Morgan fingerprint density at radius 2 is 1.73 bits per heavy atom. The molecule has 1 aromatic heterocycles. The van der Waals surface area contributed by atoms with Crippen LogP contribution in [0.4, 0.5) is 0 Å². The Hall–Kier alpha value is -1.11. The molecule has 4 nitrogen and oxygen atoms in total. The fraction of sp³-hybridized carbons (Fsp3) is 0.438. The van der Waals surface area contributed by atoms with Crippen molar-refractivity contribution in [3.8, 4) is 5.69 Å². The number of hydrogen-bond donors (Lipinski definition) is 0. The van der Waals surface area contributed by atoms with Gasteiger partial charge in [-0.1, -0.05) is 15.9 Å². The predicted octanol–water partition coefficient (Wildman–Crippen LogP) is 3.24. The smallest absolute Gasteiger partial charge is 0.399 e. The van der Waals surface area contributed by atoms with E-state index in [2.05, 4.69) is 54.8 Å². The van der Waals surface area contributed by atoms with Crippen molar-refractivity contribution < 1.29 is 9.31 Å². The fourth-order valence-electron chi connectivity index (χ4n) is 2.40. The van der Waals surface area contributed by atoms with Crippen LogP contribution in [-0.2, 0) is 9.31 Å². The maximum atomic E-state index is 6.13. The average molecular weight is 363 g/mol. The highest BCUT2D eigenvalue weighted by Crippen LogP contribution is 2.36. The first-order valence-electron chi connectivity index (χ1n) is 7.37. The summed E-state index contributed by atoms with van der Waals surface area (Å²) in [6.07, 6.45) is 1.95. The first-order chi connectivity index (χ1) is 10.2. The van der Waals surface area contributed by atoms with Crippen molar-refractivity contribution in [1.29, 1.82) is 0 Å². The Morgan fingerprint density at radius 1 is 1.09 bits per heavy atom. The first-order valence-corrected chi connectivity index (χ1v) is 8.16. The molecular formula is C16H20BBrN2O2. The van der Waals surface area contributed by atoms with Gasteiger partial charge in [0.15, 0.2) is 0 Å². The van der Waals surface area contributed by atoms with Gasteiger partial charge in [0.1, 0.15) is 0 Å². The monoisotopic (exact) mass is 362 g/mol. The third-order valence-corrected chi connectivity index (χ3v) is 4.88. The summed E-state index contributed by atoms with van der Waals surface area (Å²) >= 11 is 3.57. The number of aryl methyl sites for hydroxylation is 1. The lowest BCUT2D eigenvalue weighted by atomic mass is 9.79. The predicted molar refractivity (Wildman–Crippen MR) is 91.7 cm³/mol. The molecule has 3 rings (SSSR count). The Balaban J connectivity index is 1.98. The summed E-state index contributed by atoms with van der Waals surface area (Å²) in [7, 11) is -0.377. The van der Waals surface area contributed by atoms with Crippen LogP contribution in [0.1, 0.15) is 33.4 Å². The van der Waals surface area contributed by atoms with Crippen LogP contribution in [0.2, 0.25) is 0 Å². The second kappa shape index (κ2) is 5.22. The van der Waals surface area contributed by atoms with E-state index in [9.17, 15) is 0 Å². The highest BCUT2D eigenvalue weighted by molar-refractivity contribution is 9.10. The van der Waals surface area contributed by atoms with Gasteiger partial charge in [0.2, 0.25) is 0 Å². The Bertz CT molecular complexity index is 696. The minimum atomic E-state index is -0.377. The molecule has 116 valence electrons. The SMILES string of the molecule is Cc1ccn(-c2cc(Br)cc(B3OC(C)(C)C(C)(C)O3)c2)n1. The number of rotatable bonds is 2. The fourth-order valence-corrected chi connectivity index (χ4v) is 2.90. The van der Waals surface area contributed by atoms with E-state index in [0.29, 0.717) is 0 Å². The normalized spacial score (nSPS) is 19.6. The third kappa shape index (κ3) is 2.75. The first kappa shape index (κ1) is 15.8. The van der Waals surface area contributed by atoms with Gasteiger partial charge in [0.25, 0.3) is 0 Å². The van der Waals surface area contributed by atoms with E-state index >= 15 is 0 Å². The minimum Gasteiger partial charge on any atom is -0.399 e. The van der Waals surface area contributed by atoms with E-state index in [1.807, 2.05) is 36.0 Å². The second-order valence-electron chi connectivity index (χ2n) is 6.73. The quantitative estimate of drug-likeness (QED) is 0.769. The highest BCUT2D eigenvalue weighted by atomic mass is 79.9. The van der Waals surface area contributed by atoms with Gasteiger partial charge >= 0.3 is 7.12 Å². The third-order valence-electron chi connectivity index (χ3n) is 4.42. The van der Waals surface area contributed by atoms with Gasteiger partial charge in [0, 0.05) is 10.7 Å². The van der Waals surface area contributed by atoms with Crippen molar-refractivity contribution in [1.82, 2.24) is 9.78 Å². The van der Waals surface area contributed by atoms with Crippen molar-refractivity contribution in [3.05, 3.63) is 40.6 Å². The van der Waals surface area contributed by atoms with Gasteiger partial charge in [-0.25, -0.2) is 4.68 Å². The summed E-state index contributed by atoms with van der Waals surface area (Å²) in [4.78, 5) is 0. The molecular weight excluding hydrogens is 343 g/mol. The molecule has 0 aliphatic carbocycles. The molecule has 0 N–H and O–H groups in total. The standard InChI is InChI=1S/C16H20BBrN2O2/c1-11-6-7-20(19-11)14-9-12(8-13(18)10-14)17-21-15(2,3)16(4,5)22-17/h6-10H,1-5H3. The minimum absolute atomic E-state index is 0.345. The van der Waals surface area contributed by atoms with Gasteiger partial charge in [-0.15, -0.1) is 0 Å². The van der Waals surface area contributed by atoms with Crippen LogP contribution in [-0.4, -0.2) is 28.1 Å². The van der Waals surface area contributed by atoms with Gasteiger partial charge in [-0.05, 0) is 64.3 Å². The molecule has 0 amide bonds. The number of nitrogens with zero attached hydrogens (tertiary/aromatic N) is 2. The molecule has 1 fully saturated rings. The van der Waals surface area contributed by atoms with Gasteiger partial charge in [-0.2, -0.15) is 5.10 Å². The molecule has 0 bridgehead atoms. The highest BCUT2D eigenvalue weighted by Gasteiger charge is 2.51. The maximum absolute atomic E-state index is 6.13. The van der Waals surface area contributed by atoms with Crippen LogP contribution in [0.5, 0.6) is 0 Å². The lowest BCUT2D eigenvalue weighted by Crippen LogP contribution is -2.41. The van der Waals surface area contributed by atoms with E-state index in [-0.39, 0.29) is 18.3 Å². The van der Waals surface area contributed by atoms with Crippen LogP contribution < -0.4 is 5.46 Å². The molecule has 2 aromatic rings. The van der Waals surface area contributed by atoms with Crippen molar-refractivity contribution in [2.45, 2.75) is 45.8 Å². The molecule has 2 heterocycles. The summed E-state index contributed by atoms with van der Waals surface area (Å²) in [6.45, 7) is 10.2. The second-order valence-corrected chi connectivity index (χ2v) is 7.65. The average Bonchev–Trinajstić information content (AvgIpc) is 2.91. The Morgan fingerprint density at radius 3 is 2.27 bits per heavy atom. The van der Waals surface area contributed by atoms with Gasteiger partial charge < -0.3 is 9.31 Å². The lowest BCUT2D eigenvalue weighted by molar-refractivity contribution is 0.00578. The van der Waals surface area contributed by atoms with E-state index < -0.39 is 0 Å². The maximum Gasteiger partial charge on any atom is 0.494 e. The lowest BCUT2D eigenvalue weighted by Gasteiger charge is -2.32. The zero-order valence-corrected chi connectivity index (χ0v) is 15.1. The van der Waals surface area contributed by atoms with Crippen LogP contribution in [0.25, 0.3) is 5.69 Å². The molecule has 0 unspecified atom stereocenters. The van der Waals surface area contributed by atoms with Crippen molar-refractivity contribution in [3.63, 3.8) is 0 Å². The van der Waals surface area contributed by atoms with Crippen LogP contribution >= 0.6 is 15.9 Å². The molecule has 0 atom stereocenters. The topological polar surface area (TPSA) is 36.3 Å². The zero-order chi connectivity index (χ0) is 16.1. The van der Waals surface area contributed by atoms with Crippen LogP contribution in [0.3, 0.4) is 0 Å². The summed E-state index contributed by atoms with van der Waals surface area (Å²) in [5.74, 6) is 0. The molecule has 1 aromatic carbocycles. The molecule has 0 saturated carbocycles. The van der Waals surface area contributed by atoms with E-state index in [4.69, 9.17) is 9.31 Å². The molecule has 1 saturated heterocycles. The van der Waals surface area contributed by atoms with E-state index in [1.165, 1.54) is 0 Å². The molecule has 6 heteroatoms. The van der Waals surface area contributed by atoms with Crippen molar-refractivity contribution >= 4 is 28.5 Å². The largest absolute Gasteiger partial charge is 0.494 e. The van der Waals surface area contributed by atoms with Crippen LogP contribution in [0, 0.1) is 6.92 Å².